The molecule has 3 heterocycles. The number of carbonyl (C=O) groups is 2. The molecule has 0 bridgehead atoms. The molecule has 0 N–H and O–H groups in total. The van der Waals surface area contributed by atoms with Gasteiger partial charge in [0.2, 0.25) is 12.7 Å². The minimum Gasteiger partial charge on any atom is -0.454 e. The summed E-state index contributed by atoms with van der Waals surface area (Å²) in [6, 6.07) is 11.5. The van der Waals surface area contributed by atoms with Gasteiger partial charge in [0.15, 0.2) is 11.5 Å². The van der Waals surface area contributed by atoms with Crippen LogP contribution in [0.25, 0.3) is 10.9 Å². The maximum Gasteiger partial charge on any atom is 0.255 e. The standard InChI is InChI=1S/C25H25N3O4/c1-15-4-6-19-20(10-16(2)26-24(19)17(15)3)25(30)28-9-8-27(23(29)13-28)12-18-5-7-21-22(11-18)32-14-31-21/h4-7,10-11H,8-9,12-14H2,1-3H3. The lowest BCUT2D eigenvalue weighted by Gasteiger charge is -2.34. The molecule has 3 aromatic rings. The molecule has 1 aromatic heterocycles. The van der Waals surface area contributed by atoms with Crippen molar-refractivity contribution in [2.45, 2.75) is 27.3 Å². The van der Waals surface area contributed by atoms with Crippen LogP contribution in [0.2, 0.25) is 0 Å². The van der Waals surface area contributed by atoms with E-state index in [0.29, 0.717) is 30.9 Å². The normalized spacial score (nSPS) is 15.5. The van der Waals surface area contributed by atoms with Crippen LogP contribution in [0.4, 0.5) is 0 Å². The molecule has 164 valence electrons. The number of hydrogen-bond donors (Lipinski definition) is 0. The van der Waals surface area contributed by atoms with Crippen molar-refractivity contribution >= 4 is 22.7 Å². The second-order valence-corrected chi connectivity index (χ2v) is 8.44. The van der Waals surface area contributed by atoms with Gasteiger partial charge in [0.25, 0.3) is 5.91 Å². The number of aryl methyl sites for hydroxylation is 3. The van der Waals surface area contributed by atoms with E-state index in [2.05, 4.69) is 4.98 Å². The van der Waals surface area contributed by atoms with Gasteiger partial charge in [-0.05, 0) is 55.7 Å². The van der Waals surface area contributed by atoms with Gasteiger partial charge in [-0.15, -0.1) is 0 Å². The minimum atomic E-state index is -0.125. The Morgan fingerprint density at radius 3 is 2.66 bits per heavy atom. The third kappa shape index (κ3) is 3.53. The third-order valence-electron chi connectivity index (χ3n) is 6.28. The number of benzene rings is 2. The summed E-state index contributed by atoms with van der Waals surface area (Å²) in [6.45, 7) is 7.70. The molecule has 0 radical (unpaired) electrons. The molecular formula is C25H25N3O4. The molecule has 5 rings (SSSR count). The van der Waals surface area contributed by atoms with Gasteiger partial charge in [-0.1, -0.05) is 18.2 Å². The number of ether oxygens (including phenoxy) is 2. The molecular weight excluding hydrogens is 406 g/mol. The molecule has 0 atom stereocenters. The fourth-order valence-corrected chi connectivity index (χ4v) is 4.31. The molecule has 2 amide bonds. The SMILES string of the molecule is Cc1cc(C(=O)N2CCN(Cc3ccc4c(c3)OCO4)C(=O)C2)c2ccc(C)c(C)c2n1. The van der Waals surface area contributed by atoms with E-state index < -0.39 is 0 Å². The second-order valence-electron chi connectivity index (χ2n) is 8.44. The van der Waals surface area contributed by atoms with Gasteiger partial charge in [0, 0.05) is 30.7 Å². The number of carbonyl (C=O) groups excluding carboxylic acids is 2. The summed E-state index contributed by atoms with van der Waals surface area (Å²) in [5, 5.41) is 0.832. The van der Waals surface area contributed by atoms with E-state index in [0.717, 1.165) is 39.0 Å². The predicted octanol–water partition coefficient (Wildman–Crippen LogP) is 3.37. The lowest BCUT2D eigenvalue weighted by molar-refractivity contribution is -0.135. The zero-order valence-corrected chi connectivity index (χ0v) is 18.5. The summed E-state index contributed by atoms with van der Waals surface area (Å²) in [5.74, 6) is 1.24. The van der Waals surface area contributed by atoms with Crippen molar-refractivity contribution in [2.24, 2.45) is 0 Å². The highest BCUT2D eigenvalue weighted by Crippen LogP contribution is 2.33. The van der Waals surface area contributed by atoms with E-state index >= 15 is 0 Å². The number of hydrogen-bond acceptors (Lipinski definition) is 5. The zero-order chi connectivity index (χ0) is 22.4. The van der Waals surface area contributed by atoms with Crippen molar-refractivity contribution < 1.29 is 19.1 Å². The third-order valence-corrected chi connectivity index (χ3v) is 6.28. The van der Waals surface area contributed by atoms with Gasteiger partial charge >= 0.3 is 0 Å². The first-order valence-corrected chi connectivity index (χ1v) is 10.7. The lowest BCUT2D eigenvalue weighted by atomic mass is 10.00. The topological polar surface area (TPSA) is 72.0 Å². The molecule has 0 spiro atoms. The molecule has 0 unspecified atom stereocenters. The number of amides is 2. The quantitative estimate of drug-likeness (QED) is 0.636. The van der Waals surface area contributed by atoms with Gasteiger partial charge in [0.05, 0.1) is 11.1 Å². The summed E-state index contributed by atoms with van der Waals surface area (Å²) in [4.78, 5) is 34.4. The molecule has 1 saturated heterocycles. The summed E-state index contributed by atoms with van der Waals surface area (Å²) in [7, 11) is 0. The van der Waals surface area contributed by atoms with Crippen LogP contribution in [0.3, 0.4) is 0 Å². The van der Waals surface area contributed by atoms with E-state index in [4.69, 9.17) is 9.47 Å². The van der Waals surface area contributed by atoms with Crippen molar-refractivity contribution in [3.8, 4) is 11.5 Å². The molecule has 2 aliphatic heterocycles. The molecule has 0 saturated carbocycles. The van der Waals surface area contributed by atoms with E-state index in [-0.39, 0.29) is 25.2 Å². The maximum absolute atomic E-state index is 13.4. The first kappa shape index (κ1) is 20.3. The van der Waals surface area contributed by atoms with E-state index in [1.807, 2.05) is 57.2 Å². The van der Waals surface area contributed by atoms with Gasteiger partial charge in [-0.25, -0.2) is 0 Å². The smallest absolute Gasteiger partial charge is 0.255 e. The van der Waals surface area contributed by atoms with Crippen LogP contribution < -0.4 is 9.47 Å². The summed E-state index contributed by atoms with van der Waals surface area (Å²) >= 11 is 0. The van der Waals surface area contributed by atoms with Crippen LogP contribution in [-0.4, -0.2) is 53.0 Å². The summed E-state index contributed by atoms with van der Waals surface area (Å²) in [6.07, 6.45) is 0. The van der Waals surface area contributed by atoms with E-state index in [1.54, 1.807) is 9.80 Å². The van der Waals surface area contributed by atoms with Crippen LogP contribution in [0.5, 0.6) is 11.5 Å². The predicted molar refractivity (Wildman–Crippen MR) is 120 cm³/mol. The molecule has 7 nitrogen and oxygen atoms in total. The van der Waals surface area contributed by atoms with Gasteiger partial charge in [-0.2, -0.15) is 0 Å². The molecule has 0 aliphatic carbocycles. The highest BCUT2D eigenvalue weighted by molar-refractivity contribution is 6.08. The fourth-order valence-electron chi connectivity index (χ4n) is 4.31. The van der Waals surface area contributed by atoms with Gasteiger partial charge in [-0.3, -0.25) is 14.6 Å². The van der Waals surface area contributed by atoms with Crippen LogP contribution in [0.15, 0.2) is 36.4 Å². The van der Waals surface area contributed by atoms with Crippen molar-refractivity contribution in [3.63, 3.8) is 0 Å². The maximum atomic E-state index is 13.4. The molecule has 2 aliphatic rings. The monoisotopic (exact) mass is 431 g/mol. The Morgan fingerprint density at radius 1 is 1.03 bits per heavy atom. The van der Waals surface area contributed by atoms with Crippen LogP contribution in [0.1, 0.15) is 32.7 Å². The number of fused-ring (bicyclic) bond motifs is 2. The second kappa shape index (κ2) is 7.82. The van der Waals surface area contributed by atoms with Crippen LogP contribution in [-0.2, 0) is 11.3 Å². The first-order valence-electron chi connectivity index (χ1n) is 10.7. The average molecular weight is 431 g/mol. The Hall–Kier alpha value is -3.61. The van der Waals surface area contributed by atoms with Crippen molar-refractivity contribution in [3.05, 3.63) is 64.3 Å². The number of piperazine rings is 1. The number of pyridine rings is 1. The van der Waals surface area contributed by atoms with Gasteiger partial charge in [0.1, 0.15) is 6.54 Å². The van der Waals surface area contributed by atoms with Crippen molar-refractivity contribution in [2.75, 3.05) is 26.4 Å². The summed E-state index contributed by atoms with van der Waals surface area (Å²) in [5.41, 5.74) is 5.44. The minimum absolute atomic E-state index is 0.0654. The molecule has 2 aromatic carbocycles. The van der Waals surface area contributed by atoms with E-state index in [9.17, 15) is 9.59 Å². The van der Waals surface area contributed by atoms with Crippen LogP contribution >= 0.6 is 0 Å². The van der Waals surface area contributed by atoms with Gasteiger partial charge < -0.3 is 19.3 Å². The number of nitrogens with zero attached hydrogens (tertiary/aromatic N) is 3. The first-order chi connectivity index (χ1) is 15.4. The Balaban J connectivity index is 1.34. The average Bonchev–Trinajstić information content (AvgIpc) is 3.25. The van der Waals surface area contributed by atoms with E-state index in [1.165, 1.54) is 0 Å². The Kier molecular flexibility index (Phi) is 4.96. The Morgan fingerprint density at radius 2 is 1.84 bits per heavy atom. The molecule has 1 fully saturated rings. The largest absolute Gasteiger partial charge is 0.454 e. The lowest BCUT2D eigenvalue weighted by Crippen LogP contribution is -2.51. The van der Waals surface area contributed by atoms with Crippen LogP contribution in [0, 0.1) is 20.8 Å². The molecule has 7 heteroatoms. The summed E-state index contributed by atoms with van der Waals surface area (Å²) < 4.78 is 10.8. The highest BCUT2D eigenvalue weighted by atomic mass is 16.7. The van der Waals surface area contributed by atoms with Crippen molar-refractivity contribution in [1.29, 1.82) is 0 Å². The fraction of sp³-hybridized carbons (Fsp3) is 0.320. The number of aromatic nitrogens is 1. The van der Waals surface area contributed by atoms with Crippen molar-refractivity contribution in [1.82, 2.24) is 14.8 Å². The molecule has 32 heavy (non-hydrogen) atoms. The number of rotatable bonds is 3. The highest BCUT2D eigenvalue weighted by Gasteiger charge is 2.29. The zero-order valence-electron chi connectivity index (χ0n) is 18.5. The Labute approximate surface area is 186 Å². The Bertz CT molecular complexity index is 1250.